The largest absolute Gasteiger partial charge is 0.305 e. The van der Waals surface area contributed by atoms with Crippen molar-refractivity contribution in [1.82, 2.24) is 29.9 Å². The minimum Gasteiger partial charge on any atom is -0.305 e. The van der Waals surface area contributed by atoms with Crippen molar-refractivity contribution < 1.29 is 40.2 Å². The molecule has 8 heteroatoms. The van der Waals surface area contributed by atoms with Gasteiger partial charge in [0.15, 0.2) is 0 Å². The first-order chi connectivity index (χ1) is 33.4. The zero-order valence-electron chi connectivity index (χ0n) is 41.3. The number of hydrogen-bond donors (Lipinski definition) is 0. The van der Waals surface area contributed by atoms with Gasteiger partial charge in [-0.2, -0.15) is 0 Å². The molecule has 0 aliphatic rings. The molecule has 0 N–H and O–H groups in total. The number of pyridine rings is 2. The van der Waals surface area contributed by atoms with Crippen LogP contribution in [0.5, 0.6) is 0 Å². The Bertz CT molecular complexity index is 3030. The fourth-order valence-corrected chi connectivity index (χ4v) is 7.47. The molecule has 0 unspecified atom stereocenters. The van der Waals surface area contributed by atoms with Gasteiger partial charge < -0.3 is 9.97 Å². The van der Waals surface area contributed by atoms with E-state index in [9.17, 15) is 0 Å². The van der Waals surface area contributed by atoms with Crippen molar-refractivity contribution in [3.63, 3.8) is 0 Å². The van der Waals surface area contributed by atoms with E-state index < -0.39 is 0 Å². The third-order valence-corrected chi connectivity index (χ3v) is 10.8. The van der Waals surface area contributed by atoms with E-state index in [1.54, 1.807) is 12.7 Å². The van der Waals surface area contributed by atoms with Crippen LogP contribution in [0.1, 0.15) is 54.4 Å². The molecule has 0 bridgehead atoms. The predicted octanol–water partition coefficient (Wildman–Crippen LogP) is 15.2. The van der Waals surface area contributed by atoms with Crippen LogP contribution in [0.4, 0.5) is 0 Å². The van der Waals surface area contributed by atoms with Crippen LogP contribution in [-0.4, -0.2) is 29.9 Å². The fourth-order valence-electron chi connectivity index (χ4n) is 7.47. The molecule has 0 aliphatic heterocycles. The van der Waals surface area contributed by atoms with Gasteiger partial charge in [-0.05, 0) is 84.5 Å². The summed E-state index contributed by atoms with van der Waals surface area (Å²) >= 11 is 0. The Hall–Kier alpha value is -6.92. The average Bonchev–Trinajstić information content (AvgIpc) is 3.37. The number of hydrogen-bond acceptors (Lipinski definition) is 6. The van der Waals surface area contributed by atoms with E-state index in [0.717, 1.165) is 73.2 Å². The first-order valence-corrected chi connectivity index (χ1v) is 23.0. The summed E-state index contributed by atoms with van der Waals surface area (Å²) in [7, 11) is 0. The van der Waals surface area contributed by atoms with Crippen molar-refractivity contribution in [2.75, 3.05) is 0 Å². The minimum atomic E-state index is 0. The summed E-state index contributed by atoms with van der Waals surface area (Å²) in [5.41, 5.74) is 19.3. The third kappa shape index (κ3) is 16.6. The van der Waals surface area contributed by atoms with Crippen molar-refractivity contribution >= 4 is 0 Å². The summed E-state index contributed by atoms with van der Waals surface area (Å²) in [6, 6.07) is 71.8. The Morgan fingerprint density at radius 1 is 0.380 bits per heavy atom. The maximum atomic E-state index is 4.44. The second-order valence-corrected chi connectivity index (χ2v) is 17.7. The molecule has 6 nitrogen and oxygen atoms in total. The van der Waals surface area contributed by atoms with Crippen molar-refractivity contribution in [2.45, 2.75) is 60.8 Å². The molecule has 0 aliphatic carbocycles. The zero-order chi connectivity index (χ0) is 48.6. The number of aromatic nitrogens is 6. The fraction of sp³-hybridized carbons (Fsp3) is 0.143. The van der Waals surface area contributed by atoms with E-state index >= 15 is 0 Å². The Kier molecular flexibility index (Phi) is 20.8. The van der Waals surface area contributed by atoms with Crippen LogP contribution < -0.4 is 0 Å². The van der Waals surface area contributed by atoms with Gasteiger partial charge in [0, 0.05) is 63.2 Å². The molecule has 4 aromatic heterocycles. The normalized spacial score (nSPS) is 10.3. The van der Waals surface area contributed by atoms with Gasteiger partial charge in [0.2, 0.25) is 0 Å². The summed E-state index contributed by atoms with van der Waals surface area (Å²) in [5, 5.41) is 0. The molecule has 0 amide bonds. The molecule has 0 fully saturated rings. The molecular weight excluding hydrogens is 1230 g/mol. The first-order valence-electron chi connectivity index (χ1n) is 23.0. The van der Waals surface area contributed by atoms with Crippen LogP contribution in [0, 0.1) is 58.9 Å². The third-order valence-electron chi connectivity index (χ3n) is 10.8. The molecule has 0 spiro atoms. The van der Waals surface area contributed by atoms with Crippen LogP contribution in [0.2, 0.25) is 0 Å². The standard InChI is InChI=1S/C20H19N2.C17H12N.C14H15N2.C12H10N.2Ir/c1-13-5-14(2)8-17(7-13)19-11-20(22-12-21-19)18-9-15(3)6-16(4)10-18;1-3-7-14(8-4-1)16-11-12-18-17(13-16)15-9-5-2-6-10-15;1-14(2,3)13-9-12(15-10-16-13)11-7-5-4-6-8-11;1-10-6-5-9-12(13-10)11-7-3-2-4-8-11;;/h5-9,11-12H,1-4H3;1-9,11-13H;4-7,9-10H,1-3H3;2-7,9H,1H3;;/q4*-1;;. The summed E-state index contributed by atoms with van der Waals surface area (Å²) in [5.74, 6) is 0. The van der Waals surface area contributed by atoms with Crippen molar-refractivity contribution in [2.24, 2.45) is 0 Å². The van der Waals surface area contributed by atoms with E-state index in [-0.39, 0.29) is 45.6 Å². The van der Waals surface area contributed by atoms with E-state index in [0.29, 0.717) is 0 Å². The maximum Gasteiger partial charge on any atom is 0.106 e. The zero-order valence-corrected chi connectivity index (χ0v) is 46.1. The number of aryl methyl sites for hydroxylation is 5. The minimum absolute atomic E-state index is 0. The summed E-state index contributed by atoms with van der Waals surface area (Å²) in [4.78, 5) is 26.3. The van der Waals surface area contributed by atoms with Crippen LogP contribution in [0.15, 0.2) is 195 Å². The number of rotatable bonds is 6. The van der Waals surface area contributed by atoms with Crippen LogP contribution in [0.3, 0.4) is 0 Å². The summed E-state index contributed by atoms with van der Waals surface area (Å²) < 4.78 is 0. The first kappa shape index (κ1) is 55.0. The second-order valence-electron chi connectivity index (χ2n) is 17.7. The van der Waals surface area contributed by atoms with Gasteiger partial charge in [0.05, 0.1) is 5.69 Å². The maximum absolute atomic E-state index is 4.44. The molecule has 0 saturated carbocycles. The van der Waals surface area contributed by atoms with Crippen molar-refractivity contribution in [1.29, 1.82) is 0 Å². The molecule has 2 radical (unpaired) electrons. The number of nitrogens with zero attached hydrogens (tertiary/aromatic N) is 6. The van der Waals surface area contributed by atoms with E-state index in [4.69, 9.17) is 0 Å². The monoisotopic (exact) mass is 1280 g/mol. The number of benzene rings is 6. The van der Waals surface area contributed by atoms with Gasteiger partial charge in [-0.3, -0.25) is 9.97 Å². The Morgan fingerprint density at radius 3 is 1.48 bits per heavy atom. The van der Waals surface area contributed by atoms with E-state index in [1.807, 2.05) is 141 Å². The molecular formula is C63H56Ir2N6-4. The molecule has 6 aromatic carbocycles. The molecule has 0 atom stereocenters. The van der Waals surface area contributed by atoms with Gasteiger partial charge in [-0.1, -0.05) is 112 Å². The van der Waals surface area contributed by atoms with E-state index in [1.165, 1.54) is 27.8 Å². The molecule has 4 heterocycles. The van der Waals surface area contributed by atoms with Gasteiger partial charge in [0.25, 0.3) is 0 Å². The molecule has 10 aromatic rings. The van der Waals surface area contributed by atoms with Crippen LogP contribution in [-0.2, 0) is 45.6 Å². The Morgan fingerprint density at radius 2 is 0.915 bits per heavy atom. The summed E-state index contributed by atoms with van der Waals surface area (Å²) in [6.07, 6.45) is 5.10. The molecule has 71 heavy (non-hydrogen) atoms. The van der Waals surface area contributed by atoms with Crippen LogP contribution >= 0.6 is 0 Å². The Balaban J connectivity index is 0.000000177. The van der Waals surface area contributed by atoms with E-state index in [2.05, 4.69) is 151 Å². The molecule has 10 rings (SSSR count). The van der Waals surface area contributed by atoms with Gasteiger partial charge in [0.1, 0.15) is 12.7 Å². The van der Waals surface area contributed by atoms with Crippen LogP contribution in [0.25, 0.3) is 67.4 Å². The predicted molar refractivity (Wildman–Crippen MR) is 283 cm³/mol. The van der Waals surface area contributed by atoms with Crippen molar-refractivity contribution in [3.8, 4) is 67.4 Å². The van der Waals surface area contributed by atoms with Crippen molar-refractivity contribution in [3.05, 3.63) is 253 Å². The average molecular weight is 1280 g/mol. The molecule has 360 valence electrons. The van der Waals surface area contributed by atoms with Gasteiger partial charge >= 0.3 is 0 Å². The smallest absolute Gasteiger partial charge is 0.106 e. The SMILES string of the molecule is CC(C)(C)c1cc(-c2[c-]cccc2)ncn1.Cc1[c-]c(-c2cc(-c3cc(C)cc(C)c3)ncn2)cc(C)c1.Cc1cccc(-c2[c-]cccc2)n1.[Ir].[Ir].[c-]1ccccc1-c1cc(-c2ccccc2)ccn1. The molecule has 0 saturated heterocycles. The van der Waals surface area contributed by atoms with Gasteiger partial charge in [-0.15, -0.1) is 143 Å². The summed E-state index contributed by atoms with van der Waals surface area (Å²) in [6.45, 7) is 16.8. The second kappa shape index (κ2) is 26.9. The topological polar surface area (TPSA) is 77.3 Å². The Labute approximate surface area is 448 Å². The van der Waals surface area contributed by atoms with Gasteiger partial charge in [-0.25, -0.2) is 9.97 Å². The quantitative estimate of drug-likeness (QED) is 0.154.